The van der Waals surface area contributed by atoms with E-state index in [0.29, 0.717) is 4.88 Å². The third-order valence-corrected chi connectivity index (χ3v) is 2.81. The minimum atomic E-state index is -0.108. The SMILES string of the molecule is N#CCC(=O)c1cc(Br)cs1. The summed E-state index contributed by atoms with van der Waals surface area (Å²) in [5.41, 5.74) is 0. The summed E-state index contributed by atoms with van der Waals surface area (Å²) in [4.78, 5) is 11.7. The van der Waals surface area contributed by atoms with Gasteiger partial charge in [0.2, 0.25) is 0 Å². The van der Waals surface area contributed by atoms with Crippen molar-refractivity contribution in [1.82, 2.24) is 0 Å². The second-order valence-corrected chi connectivity index (χ2v) is 3.71. The maximum absolute atomic E-state index is 11.0. The Kier molecular flexibility index (Phi) is 2.80. The van der Waals surface area contributed by atoms with E-state index in [0.717, 1.165) is 4.47 Å². The normalized spacial score (nSPS) is 9.09. The molecular weight excluding hydrogens is 226 g/mol. The van der Waals surface area contributed by atoms with Gasteiger partial charge in [-0.05, 0) is 22.0 Å². The van der Waals surface area contributed by atoms with Gasteiger partial charge in [-0.25, -0.2) is 0 Å². The molecule has 0 aliphatic rings. The fourth-order valence-corrected chi connectivity index (χ4v) is 1.99. The first-order chi connectivity index (χ1) is 5.24. The fraction of sp³-hybridized carbons (Fsp3) is 0.143. The highest BCUT2D eigenvalue weighted by molar-refractivity contribution is 9.10. The number of Topliss-reactive ketones (excluding diaryl/α,β-unsaturated/α-hetero) is 1. The molecule has 11 heavy (non-hydrogen) atoms. The van der Waals surface area contributed by atoms with Gasteiger partial charge in [-0.3, -0.25) is 4.79 Å². The molecule has 1 rings (SSSR count). The Balaban J connectivity index is 2.78. The smallest absolute Gasteiger partial charge is 0.186 e. The molecule has 4 heteroatoms. The summed E-state index contributed by atoms with van der Waals surface area (Å²) in [6, 6.07) is 3.54. The topological polar surface area (TPSA) is 40.9 Å². The molecule has 1 aromatic rings. The number of nitriles is 1. The molecule has 0 saturated carbocycles. The molecule has 0 saturated heterocycles. The number of ketones is 1. The highest BCUT2D eigenvalue weighted by Gasteiger charge is 2.06. The molecule has 0 bridgehead atoms. The summed E-state index contributed by atoms with van der Waals surface area (Å²) in [5, 5.41) is 10.1. The second kappa shape index (κ2) is 3.65. The third kappa shape index (κ3) is 2.14. The number of hydrogen-bond donors (Lipinski definition) is 0. The average Bonchev–Trinajstić information content (AvgIpc) is 2.36. The molecule has 0 unspecified atom stereocenters. The van der Waals surface area contributed by atoms with Crippen molar-refractivity contribution in [2.75, 3.05) is 0 Å². The van der Waals surface area contributed by atoms with Gasteiger partial charge in [0, 0.05) is 9.85 Å². The van der Waals surface area contributed by atoms with E-state index in [9.17, 15) is 4.79 Å². The maximum atomic E-state index is 11.0. The standard InChI is InChI=1S/C7H4BrNOS/c8-5-3-7(11-4-5)6(10)1-2-9/h3-4H,1H2. The minimum Gasteiger partial charge on any atom is -0.292 e. The average molecular weight is 230 g/mol. The van der Waals surface area contributed by atoms with Crippen LogP contribution >= 0.6 is 27.3 Å². The highest BCUT2D eigenvalue weighted by Crippen LogP contribution is 2.20. The number of rotatable bonds is 2. The Morgan fingerprint density at radius 2 is 2.55 bits per heavy atom. The van der Waals surface area contributed by atoms with Gasteiger partial charge in [-0.1, -0.05) is 0 Å². The van der Waals surface area contributed by atoms with Crippen LogP contribution < -0.4 is 0 Å². The van der Waals surface area contributed by atoms with Gasteiger partial charge in [0.1, 0.15) is 0 Å². The molecule has 0 aliphatic heterocycles. The van der Waals surface area contributed by atoms with Crippen molar-refractivity contribution < 1.29 is 4.79 Å². The van der Waals surface area contributed by atoms with Gasteiger partial charge in [0.15, 0.2) is 5.78 Å². The zero-order valence-corrected chi connectivity index (χ0v) is 7.91. The first-order valence-electron chi connectivity index (χ1n) is 2.88. The molecule has 0 aliphatic carbocycles. The Hall–Kier alpha value is -0.660. The van der Waals surface area contributed by atoms with E-state index >= 15 is 0 Å². The first-order valence-corrected chi connectivity index (χ1v) is 4.55. The largest absolute Gasteiger partial charge is 0.292 e. The molecule has 0 N–H and O–H groups in total. The van der Waals surface area contributed by atoms with Crippen LogP contribution in [0.25, 0.3) is 0 Å². The lowest BCUT2D eigenvalue weighted by molar-refractivity contribution is 0.100. The van der Waals surface area contributed by atoms with Gasteiger partial charge in [-0.15, -0.1) is 11.3 Å². The van der Waals surface area contributed by atoms with Crippen molar-refractivity contribution in [3.8, 4) is 6.07 Å². The molecule has 0 atom stereocenters. The summed E-state index contributed by atoms with van der Waals surface area (Å²) in [7, 11) is 0. The summed E-state index contributed by atoms with van der Waals surface area (Å²) < 4.78 is 0.892. The van der Waals surface area contributed by atoms with Crippen LogP contribution in [0, 0.1) is 11.3 Å². The van der Waals surface area contributed by atoms with Crippen molar-refractivity contribution in [3.63, 3.8) is 0 Å². The van der Waals surface area contributed by atoms with E-state index in [1.807, 2.05) is 11.4 Å². The van der Waals surface area contributed by atoms with Crippen LogP contribution in [0.15, 0.2) is 15.9 Å². The Bertz CT molecular complexity index is 312. The zero-order chi connectivity index (χ0) is 8.27. The van der Waals surface area contributed by atoms with E-state index in [4.69, 9.17) is 5.26 Å². The van der Waals surface area contributed by atoms with Gasteiger partial charge in [0.05, 0.1) is 17.4 Å². The van der Waals surface area contributed by atoms with E-state index in [1.165, 1.54) is 11.3 Å². The van der Waals surface area contributed by atoms with Crippen molar-refractivity contribution in [3.05, 3.63) is 20.8 Å². The second-order valence-electron chi connectivity index (χ2n) is 1.89. The van der Waals surface area contributed by atoms with Crippen LogP contribution in [-0.2, 0) is 0 Å². The van der Waals surface area contributed by atoms with Crippen LogP contribution in [0.1, 0.15) is 16.1 Å². The van der Waals surface area contributed by atoms with Crippen molar-refractivity contribution >= 4 is 33.0 Å². The summed E-state index contributed by atoms with van der Waals surface area (Å²) in [6.07, 6.45) is -0.0348. The van der Waals surface area contributed by atoms with Crippen LogP contribution in [0.3, 0.4) is 0 Å². The molecule has 0 radical (unpaired) electrons. The predicted octanol–water partition coefficient (Wildman–Crippen LogP) is 2.61. The molecule has 1 aromatic heterocycles. The van der Waals surface area contributed by atoms with Gasteiger partial charge in [-0.2, -0.15) is 5.26 Å². The third-order valence-electron chi connectivity index (χ3n) is 1.08. The number of carbonyl (C=O) groups is 1. The molecule has 56 valence electrons. The number of halogens is 1. The van der Waals surface area contributed by atoms with Gasteiger partial charge < -0.3 is 0 Å². The Labute approximate surface area is 76.6 Å². The number of nitrogens with zero attached hydrogens (tertiary/aromatic N) is 1. The first kappa shape index (κ1) is 8.44. The maximum Gasteiger partial charge on any atom is 0.186 e. The number of hydrogen-bond acceptors (Lipinski definition) is 3. The molecule has 0 amide bonds. The number of carbonyl (C=O) groups excluding carboxylic acids is 1. The van der Waals surface area contributed by atoms with Gasteiger partial charge in [0.25, 0.3) is 0 Å². The lowest BCUT2D eigenvalue weighted by Gasteiger charge is -1.85. The summed E-state index contributed by atoms with van der Waals surface area (Å²) in [6.45, 7) is 0. The van der Waals surface area contributed by atoms with Crippen molar-refractivity contribution in [2.45, 2.75) is 6.42 Å². The van der Waals surface area contributed by atoms with E-state index in [2.05, 4.69) is 15.9 Å². The van der Waals surface area contributed by atoms with Crippen LogP contribution in [0.5, 0.6) is 0 Å². The molecule has 1 heterocycles. The quantitative estimate of drug-likeness (QED) is 0.732. The summed E-state index contributed by atoms with van der Waals surface area (Å²) >= 11 is 4.58. The molecular formula is C7H4BrNOS. The monoisotopic (exact) mass is 229 g/mol. The van der Waals surface area contributed by atoms with Crippen LogP contribution in [0.2, 0.25) is 0 Å². The summed E-state index contributed by atoms with van der Waals surface area (Å²) in [5.74, 6) is -0.108. The highest BCUT2D eigenvalue weighted by atomic mass is 79.9. The predicted molar refractivity (Wildman–Crippen MR) is 46.6 cm³/mol. The molecule has 0 aromatic carbocycles. The van der Waals surface area contributed by atoms with Crippen LogP contribution in [-0.4, -0.2) is 5.78 Å². The van der Waals surface area contributed by atoms with E-state index < -0.39 is 0 Å². The molecule has 2 nitrogen and oxygen atoms in total. The molecule has 0 spiro atoms. The number of thiophene rings is 1. The van der Waals surface area contributed by atoms with E-state index in [-0.39, 0.29) is 12.2 Å². The zero-order valence-electron chi connectivity index (χ0n) is 5.50. The van der Waals surface area contributed by atoms with Crippen molar-refractivity contribution in [1.29, 1.82) is 5.26 Å². The van der Waals surface area contributed by atoms with E-state index in [1.54, 1.807) is 6.07 Å². The molecule has 0 fully saturated rings. The lowest BCUT2D eigenvalue weighted by atomic mass is 10.2. The lowest BCUT2D eigenvalue weighted by Crippen LogP contribution is -1.91. The van der Waals surface area contributed by atoms with Crippen LogP contribution in [0.4, 0.5) is 0 Å². The van der Waals surface area contributed by atoms with Gasteiger partial charge >= 0.3 is 0 Å². The minimum absolute atomic E-state index is 0.0348. The fourth-order valence-electron chi connectivity index (χ4n) is 0.618. The Morgan fingerprint density at radius 3 is 3.00 bits per heavy atom. The van der Waals surface area contributed by atoms with Crippen molar-refractivity contribution in [2.24, 2.45) is 0 Å². The Morgan fingerprint density at radius 1 is 1.82 bits per heavy atom.